The Hall–Kier alpha value is -3.91. The van der Waals surface area contributed by atoms with Gasteiger partial charge in [0.25, 0.3) is 5.56 Å². The van der Waals surface area contributed by atoms with Gasteiger partial charge in [-0.05, 0) is 43.7 Å². The summed E-state index contributed by atoms with van der Waals surface area (Å²) in [6.45, 7) is 3.76. The molecule has 4 aromatic rings. The van der Waals surface area contributed by atoms with Crippen LogP contribution in [0.2, 0.25) is 0 Å². The highest BCUT2D eigenvalue weighted by molar-refractivity contribution is 7.07. The van der Waals surface area contributed by atoms with E-state index in [2.05, 4.69) is 4.99 Å². The van der Waals surface area contributed by atoms with Gasteiger partial charge in [0.2, 0.25) is 0 Å². The average Bonchev–Trinajstić information content (AvgIpc) is 3.34. The Bertz CT molecular complexity index is 1670. The largest absolute Gasteiger partial charge is 0.497 e. The number of benzene rings is 2. The summed E-state index contributed by atoms with van der Waals surface area (Å²) in [6, 6.07) is 14.8. The van der Waals surface area contributed by atoms with Crippen molar-refractivity contribution < 1.29 is 14.3 Å². The van der Waals surface area contributed by atoms with Crippen LogP contribution in [0.1, 0.15) is 31.0 Å². The predicted molar refractivity (Wildman–Crippen MR) is 136 cm³/mol. The van der Waals surface area contributed by atoms with Crippen LogP contribution < -0.4 is 19.6 Å². The van der Waals surface area contributed by atoms with Gasteiger partial charge in [-0.15, -0.1) is 0 Å². The number of aryl methyl sites for hydroxylation is 1. The highest BCUT2D eigenvalue weighted by Gasteiger charge is 2.33. The number of nitrogens with zero attached hydrogens (tertiary/aromatic N) is 3. The van der Waals surface area contributed by atoms with Crippen LogP contribution in [0.3, 0.4) is 0 Å². The van der Waals surface area contributed by atoms with E-state index in [-0.39, 0.29) is 12.2 Å². The molecule has 178 valence electrons. The molecule has 2 aromatic carbocycles. The molecule has 0 fully saturated rings. The SMILES string of the molecule is CCOC(=O)C1=C(C)N=c2s/c(=C\c3cn(C)c4ccccc34)c(=O)n2[C@H]1c1cccc(OC)c1. The molecule has 0 bridgehead atoms. The molecule has 0 N–H and O–H groups in total. The molecule has 35 heavy (non-hydrogen) atoms. The van der Waals surface area contributed by atoms with Crippen LogP contribution in [0, 0.1) is 0 Å². The second-order valence-corrected chi connectivity index (χ2v) is 9.30. The lowest BCUT2D eigenvalue weighted by Crippen LogP contribution is -2.39. The molecule has 5 rings (SSSR count). The van der Waals surface area contributed by atoms with Crippen LogP contribution in [-0.4, -0.2) is 28.8 Å². The summed E-state index contributed by atoms with van der Waals surface area (Å²) in [6.07, 6.45) is 3.91. The van der Waals surface area contributed by atoms with E-state index in [9.17, 15) is 9.59 Å². The van der Waals surface area contributed by atoms with Crippen molar-refractivity contribution >= 4 is 34.3 Å². The quantitative estimate of drug-likeness (QED) is 0.405. The molecule has 8 heteroatoms. The molecular weight excluding hydrogens is 462 g/mol. The third-order valence-corrected chi connectivity index (χ3v) is 7.12. The number of carbonyl (C=O) groups is 1. The number of aromatic nitrogens is 2. The molecule has 0 aliphatic carbocycles. The Kier molecular flexibility index (Phi) is 5.90. The number of hydrogen-bond donors (Lipinski definition) is 0. The van der Waals surface area contributed by atoms with Gasteiger partial charge >= 0.3 is 5.97 Å². The number of methoxy groups -OCH3 is 1. The highest BCUT2D eigenvalue weighted by Crippen LogP contribution is 2.32. The van der Waals surface area contributed by atoms with Crippen molar-refractivity contribution in [2.75, 3.05) is 13.7 Å². The van der Waals surface area contributed by atoms with Crippen molar-refractivity contribution in [3.05, 3.63) is 96.8 Å². The Labute approximate surface area is 205 Å². The lowest BCUT2D eigenvalue weighted by atomic mass is 9.95. The van der Waals surface area contributed by atoms with Gasteiger partial charge in [-0.1, -0.05) is 41.7 Å². The molecule has 0 saturated heterocycles. The van der Waals surface area contributed by atoms with Gasteiger partial charge < -0.3 is 14.0 Å². The number of ether oxygens (including phenoxy) is 2. The fraction of sp³-hybridized carbons (Fsp3) is 0.222. The third kappa shape index (κ3) is 3.89. The summed E-state index contributed by atoms with van der Waals surface area (Å²) in [7, 11) is 3.57. The fourth-order valence-electron chi connectivity index (χ4n) is 4.55. The predicted octanol–water partition coefficient (Wildman–Crippen LogP) is 3.30. The molecule has 3 heterocycles. The minimum atomic E-state index is -0.671. The summed E-state index contributed by atoms with van der Waals surface area (Å²) in [4.78, 5) is 32.0. The summed E-state index contributed by atoms with van der Waals surface area (Å²) < 4.78 is 15.0. The van der Waals surface area contributed by atoms with Crippen LogP contribution in [-0.2, 0) is 16.6 Å². The number of allylic oxidation sites excluding steroid dienone is 1. The van der Waals surface area contributed by atoms with Gasteiger partial charge in [0.05, 0.1) is 35.6 Å². The van der Waals surface area contributed by atoms with Crippen LogP contribution in [0.25, 0.3) is 17.0 Å². The zero-order valence-electron chi connectivity index (χ0n) is 19.9. The highest BCUT2D eigenvalue weighted by atomic mass is 32.1. The maximum atomic E-state index is 13.8. The lowest BCUT2D eigenvalue weighted by Gasteiger charge is -2.25. The molecule has 0 spiro atoms. The maximum absolute atomic E-state index is 13.8. The van der Waals surface area contributed by atoms with Gasteiger partial charge in [-0.25, -0.2) is 9.79 Å². The van der Waals surface area contributed by atoms with E-state index in [1.807, 2.05) is 72.4 Å². The maximum Gasteiger partial charge on any atom is 0.338 e. The standard InChI is InChI=1S/C27H25N3O4S/c1-5-34-26(32)23-16(2)28-27-30(24(23)17-9-8-10-19(13-17)33-4)25(31)22(35-27)14-18-15-29(3)21-12-7-6-11-20(18)21/h6-15,24H,5H2,1-4H3/b22-14-/t24-/m0/s1. The molecule has 1 aliphatic rings. The van der Waals surface area contributed by atoms with Gasteiger partial charge in [0.1, 0.15) is 5.75 Å². The van der Waals surface area contributed by atoms with Crippen molar-refractivity contribution in [3.63, 3.8) is 0 Å². The first-order valence-electron chi connectivity index (χ1n) is 11.3. The second-order valence-electron chi connectivity index (χ2n) is 8.29. The van der Waals surface area contributed by atoms with Crippen LogP contribution >= 0.6 is 11.3 Å². The monoisotopic (exact) mass is 487 g/mol. The molecule has 1 atom stereocenters. The first-order valence-corrected chi connectivity index (χ1v) is 12.1. The summed E-state index contributed by atoms with van der Waals surface area (Å²) >= 11 is 1.32. The van der Waals surface area contributed by atoms with E-state index in [1.54, 1.807) is 25.5 Å². The summed E-state index contributed by atoms with van der Waals surface area (Å²) in [5, 5.41) is 1.06. The molecule has 2 aromatic heterocycles. The van der Waals surface area contributed by atoms with E-state index >= 15 is 0 Å². The normalized spacial score (nSPS) is 15.8. The molecule has 0 saturated carbocycles. The van der Waals surface area contributed by atoms with E-state index in [4.69, 9.17) is 9.47 Å². The van der Waals surface area contributed by atoms with Crippen LogP contribution in [0.15, 0.2) is 75.8 Å². The minimum absolute atomic E-state index is 0.205. The Morgan fingerprint density at radius 3 is 2.77 bits per heavy atom. The van der Waals surface area contributed by atoms with E-state index < -0.39 is 12.0 Å². The third-order valence-electron chi connectivity index (χ3n) is 6.14. The molecule has 0 unspecified atom stereocenters. The van der Waals surface area contributed by atoms with Crippen molar-refractivity contribution in [1.29, 1.82) is 0 Å². The first-order chi connectivity index (χ1) is 16.9. The number of rotatable bonds is 5. The Balaban J connectivity index is 1.76. The van der Waals surface area contributed by atoms with Gasteiger partial charge in [-0.3, -0.25) is 9.36 Å². The summed E-state index contributed by atoms with van der Waals surface area (Å²) in [5.74, 6) is 0.156. The number of esters is 1. The molecule has 0 amide bonds. The summed E-state index contributed by atoms with van der Waals surface area (Å²) in [5.41, 5.74) is 3.47. The van der Waals surface area contributed by atoms with Crippen LogP contribution in [0.5, 0.6) is 5.75 Å². The fourth-order valence-corrected chi connectivity index (χ4v) is 5.59. The second kappa shape index (κ2) is 9.03. The number of fused-ring (bicyclic) bond motifs is 2. The molecule has 0 radical (unpaired) electrons. The van der Waals surface area contributed by atoms with Crippen molar-refractivity contribution in [1.82, 2.24) is 9.13 Å². The number of hydrogen-bond acceptors (Lipinski definition) is 6. The molecular formula is C27H25N3O4S. The molecule has 1 aliphatic heterocycles. The first kappa shape index (κ1) is 22.9. The van der Waals surface area contributed by atoms with E-state index in [0.717, 1.165) is 22.0 Å². The number of para-hydroxylation sites is 1. The van der Waals surface area contributed by atoms with Gasteiger partial charge in [-0.2, -0.15) is 0 Å². The smallest absolute Gasteiger partial charge is 0.338 e. The topological polar surface area (TPSA) is 74.8 Å². The van der Waals surface area contributed by atoms with Crippen molar-refractivity contribution in [3.8, 4) is 5.75 Å². The van der Waals surface area contributed by atoms with E-state index in [1.165, 1.54) is 11.3 Å². The number of thiazole rings is 1. The zero-order chi connectivity index (χ0) is 24.7. The zero-order valence-corrected chi connectivity index (χ0v) is 20.8. The van der Waals surface area contributed by atoms with Crippen molar-refractivity contribution in [2.45, 2.75) is 19.9 Å². The Morgan fingerprint density at radius 2 is 2.00 bits per heavy atom. The Morgan fingerprint density at radius 1 is 1.20 bits per heavy atom. The lowest BCUT2D eigenvalue weighted by molar-refractivity contribution is -0.139. The van der Waals surface area contributed by atoms with E-state index in [0.29, 0.717) is 26.4 Å². The van der Waals surface area contributed by atoms with Gasteiger partial charge in [0.15, 0.2) is 4.80 Å². The number of carbonyl (C=O) groups excluding carboxylic acids is 1. The van der Waals surface area contributed by atoms with Crippen molar-refractivity contribution in [2.24, 2.45) is 12.0 Å². The van der Waals surface area contributed by atoms with Gasteiger partial charge in [0, 0.05) is 29.7 Å². The van der Waals surface area contributed by atoms with Crippen LogP contribution in [0.4, 0.5) is 0 Å². The minimum Gasteiger partial charge on any atom is -0.497 e. The average molecular weight is 488 g/mol. The molecule has 7 nitrogen and oxygen atoms in total.